The van der Waals surface area contributed by atoms with Crippen LogP contribution in [-0.2, 0) is 0 Å². The lowest BCUT2D eigenvalue weighted by atomic mass is 10.3. The van der Waals surface area contributed by atoms with Gasteiger partial charge in [0.15, 0.2) is 5.65 Å². The minimum absolute atomic E-state index is 0.189. The summed E-state index contributed by atoms with van der Waals surface area (Å²) in [5.41, 5.74) is 8.25. The van der Waals surface area contributed by atoms with E-state index >= 15 is 0 Å². The molecule has 0 atom stereocenters. The fourth-order valence-electron chi connectivity index (χ4n) is 1.98. The van der Waals surface area contributed by atoms with Crippen LogP contribution in [0.1, 0.15) is 5.56 Å². The van der Waals surface area contributed by atoms with Crippen LogP contribution in [-0.4, -0.2) is 14.5 Å². The van der Waals surface area contributed by atoms with Gasteiger partial charge in [0.1, 0.15) is 11.3 Å². The summed E-state index contributed by atoms with van der Waals surface area (Å²) in [6.45, 7) is 1.91. The van der Waals surface area contributed by atoms with E-state index in [1.54, 1.807) is 18.3 Å². The SMILES string of the molecule is Cc1cnc2c(c1)nc(N)n2-c1ccc(Cl)cc1F. The van der Waals surface area contributed by atoms with E-state index < -0.39 is 5.82 Å². The van der Waals surface area contributed by atoms with Crippen molar-refractivity contribution in [3.05, 3.63) is 46.9 Å². The van der Waals surface area contributed by atoms with Gasteiger partial charge in [0.25, 0.3) is 0 Å². The Kier molecular flexibility index (Phi) is 2.64. The summed E-state index contributed by atoms with van der Waals surface area (Å²) in [7, 11) is 0. The van der Waals surface area contributed by atoms with Crippen LogP contribution in [0.25, 0.3) is 16.9 Å². The Morgan fingerprint density at radius 2 is 2.11 bits per heavy atom. The Balaban J connectivity index is 2.33. The van der Waals surface area contributed by atoms with E-state index in [0.717, 1.165) is 5.56 Å². The fraction of sp³-hybridized carbons (Fsp3) is 0.0769. The fourth-order valence-corrected chi connectivity index (χ4v) is 2.14. The molecule has 3 aromatic rings. The van der Waals surface area contributed by atoms with Gasteiger partial charge in [-0.3, -0.25) is 4.57 Å². The number of fused-ring (bicyclic) bond motifs is 1. The van der Waals surface area contributed by atoms with Gasteiger partial charge in [0.2, 0.25) is 5.95 Å². The van der Waals surface area contributed by atoms with Crippen molar-refractivity contribution in [1.29, 1.82) is 0 Å². The van der Waals surface area contributed by atoms with Crippen molar-refractivity contribution in [2.24, 2.45) is 0 Å². The maximum atomic E-state index is 14.0. The van der Waals surface area contributed by atoms with E-state index in [-0.39, 0.29) is 11.6 Å². The first-order valence-electron chi connectivity index (χ1n) is 5.62. The number of aryl methyl sites for hydroxylation is 1. The number of rotatable bonds is 1. The average Bonchev–Trinajstić information content (AvgIpc) is 2.65. The highest BCUT2D eigenvalue weighted by Crippen LogP contribution is 2.25. The van der Waals surface area contributed by atoms with Crippen LogP contribution in [0.15, 0.2) is 30.5 Å². The summed E-state index contributed by atoms with van der Waals surface area (Å²) in [6, 6.07) is 6.23. The van der Waals surface area contributed by atoms with Gasteiger partial charge >= 0.3 is 0 Å². The third-order valence-corrected chi connectivity index (χ3v) is 3.05. The Bertz CT molecular complexity index is 782. The molecule has 0 saturated carbocycles. The van der Waals surface area contributed by atoms with E-state index in [2.05, 4.69) is 9.97 Å². The highest BCUT2D eigenvalue weighted by atomic mass is 35.5. The van der Waals surface area contributed by atoms with Crippen LogP contribution >= 0.6 is 11.6 Å². The number of nitrogen functional groups attached to an aromatic ring is 1. The maximum Gasteiger partial charge on any atom is 0.207 e. The lowest BCUT2D eigenvalue weighted by Gasteiger charge is -2.07. The Morgan fingerprint density at radius 1 is 1.32 bits per heavy atom. The molecule has 6 heteroatoms. The molecular formula is C13H10ClFN4. The molecule has 0 aliphatic carbocycles. The first-order chi connectivity index (χ1) is 9.06. The second-order valence-electron chi connectivity index (χ2n) is 4.26. The van der Waals surface area contributed by atoms with Crippen LogP contribution in [0.2, 0.25) is 5.02 Å². The van der Waals surface area contributed by atoms with E-state index in [4.69, 9.17) is 17.3 Å². The summed E-state index contributed by atoms with van der Waals surface area (Å²) in [5, 5.41) is 0.327. The number of benzene rings is 1. The van der Waals surface area contributed by atoms with Gasteiger partial charge in [-0.2, -0.15) is 0 Å². The minimum Gasteiger partial charge on any atom is -0.369 e. The van der Waals surface area contributed by atoms with Crippen LogP contribution < -0.4 is 5.73 Å². The van der Waals surface area contributed by atoms with Crippen molar-refractivity contribution in [2.75, 3.05) is 5.73 Å². The van der Waals surface area contributed by atoms with Gasteiger partial charge in [-0.25, -0.2) is 14.4 Å². The number of hydrogen-bond donors (Lipinski definition) is 1. The predicted molar refractivity (Wildman–Crippen MR) is 73.0 cm³/mol. The largest absolute Gasteiger partial charge is 0.369 e. The molecule has 2 N–H and O–H groups in total. The highest BCUT2D eigenvalue weighted by Gasteiger charge is 2.14. The van der Waals surface area contributed by atoms with Crippen molar-refractivity contribution in [3.8, 4) is 5.69 Å². The van der Waals surface area contributed by atoms with Crippen molar-refractivity contribution in [1.82, 2.24) is 14.5 Å². The molecule has 0 saturated heterocycles. The molecule has 0 radical (unpaired) electrons. The van der Waals surface area contributed by atoms with Gasteiger partial charge in [-0.05, 0) is 36.8 Å². The lowest BCUT2D eigenvalue weighted by molar-refractivity contribution is 0.620. The molecule has 0 aliphatic rings. The standard InChI is InChI=1S/C13H10ClFN4/c1-7-4-10-12(17-6-7)19(13(16)18-10)11-3-2-8(14)5-9(11)15/h2-6H,1H3,(H2,16,18). The molecular weight excluding hydrogens is 267 g/mol. The number of halogens is 2. The normalized spacial score (nSPS) is 11.1. The first-order valence-corrected chi connectivity index (χ1v) is 6.00. The molecule has 3 rings (SSSR count). The third-order valence-electron chi connectivity index (χ3n) is 2.81. The van der Waals surface area contributed by atoms with E-state index in [9.17, 15) is 4.39 Å². The summed E-state index contributed by atoms with van der Waals surface area (Å²) < 4.78 is 15.5. The molecule has 0 bridgehead atoms. The number of aromatic nitrogens is 3. The quantitative estimate of drug-likeness (QED) is 0.743. The van der Waals surface area contributed by atoms with Crippen LogP contribution in [0, 0.1) is 12.7 Å². The van der Waals surface area contributed by atoms with Gasteiger partial charge < -0.3 is 5.73 Å². The van der Waals surface area contributed by atoms with Gasteiger partial charge in [0.05, 0.1) is 5.69 Å². The molecule has 0 spiro atoms. The van der Waals surface area contributed by atoms with E-state index in [1.165, 1.54) is 10.6 Å². The molecule has 96 valence electrons. The van der Waals surface area contributed by atoms with Crippen molar-refractivity contribution in [3.63, 3.8) is 0 Å². The summed E-state index contributed by atoms with van der Waals surface area (Å²) in [4.78, 5) is 8.45. The summed E-state index contributed by atoms with van der Waals surface area (Å²) in [5.74, 6) is -0.282. The van der Waals surface area contributed by atoms with Crippen molar-refractivity contribution >= 4 is 28.7 Å². The minimum atomic E-state index is -0.471. The number of imidazole rings is 1. The molecule has 2 heterocycles. The molecule has 0 amide bonds. The predicted octanol–water partition coefficient (Wildman–Crippen LogP) is 3.10. The number of anilines is 1. The average molecular weight is 277 g/mol. The second kappa shape index (κ2) is 4.20. The molecule has 0 fully saturated rings. The zero-order valence-electron chi connectivity index (χ0n) is 10.1. The van der Waals surface area contributed by atoms with E-state index in [0.29, 0.717) is 16.2 Å². The topological polar surface area (TPSA) is 56.7 Å². The number of pyridine rings is 1. The number of nitrogens with zero attached hydrogens (tertiary/aromatic N) is 3. The van der Waals surface area contributed by atoms with Gasteiger partial charge in [-0.15, -0.1) is 0 Å². The number of nitrogens with two attached hydrogens (primary N) is 1. The molecule has 0 aliphatic heterocycles. The second-order valence-corrected chi connectivity index (χ2v) is 4.69. The van der Waals surface area contributed by atoms with Crippen LogP contribution in [0.5, 0.6) is 0 Å². The Morgan fingerprint density at radius 3 is 2.84 bits per heavy atom. The molecule has 2 aromatic heterocycles. The van der Waals surface area contributed by atoms with Crippen LogP contribution in [0.3, 0.4) is 0 Å². The monoisotopic (exact) mass is 276 g/mol. The molecule has 4 nitrogen and oxygen atoms in total. The molecule has 0 unspecified atom stereocenters. The highest BCUT2D eigenvalue weighted by molar-refractivity contribution is 6.30. The summed E-state index contributed by atoms with van der Waals surface area (Å²) >= 11 is 5.75. The summed E-state index contributed by atoms with van der Waals surface area (Å²) in [6.07, 6.45) is 1.69. The zero-order valence-corrected chi connectivity index (χ0v) is 10.8. The zero-order chi connectivity index (χ0) is 13.6. The van der Waals surface area contributed by atoms with Gasteiger partial charge in [0, 0.05) is 11.2 Å². The Hall–Kier alpha value is -2.14. The van der Waals surface area contributed by atoms with Gasteiger partial charge in [-0.1, -0.05) is 11.6 Å². The molecule has 19 heavy (non-hydrogen) atoms. The Labute approximate surface area is 113 Å². The number of hydrogen-bond acceptors (Lipinski definition) is 3. The smallest absolute Gasteiger partial charge is 0.207 e. The van der Waals surface area contributed by atoms with Crippen molar-refractivity contribution < 1.29 is 4.39 Å². The third kappa shape index (κ3) is 1.92. The maximum absolute atomic E-state index is 14.0. The van der Waals surface area contributed by atoms with Crippen molar-refractivity contribution in [2.45, 2.75) is 6.92 Å². The van der Waals surface area contributed by atoms with Crippen LogP contribution in [0.4, 0.5) is 10.3 Å². The first kappa shape index (κ1) is 11.9. The lowest BCUT2D eigenvalue weighted by Crippen LogP contribution is -2.03. The molecule has 1 aromatic carbocycles. The van der Waals surface area contributed by atoms with E-state index in [1.807, 2.05) is 13.0 Å².